The van der Waals surface area contributed by atoms with Crippen LogP contribution >= 0.6 is 11.8 Å². The summed E-state index contributed by atoms with van der Waals surface area (Å²) in [7, 11) is 1.59. The number of fused-ring (bicyclic) bond motifs is 1. The van der Waals surface area contributed by atoms with Gasteiger partial charge in [0, 0.05) is 11.3 Å². The van der Waals surface area contributed by atoms with Crippen molar-refractivity contribution in [3.63, 3.8) is 0 Å². The quantitative estimate of drug-likeness (QED) is 0.372. The number of hydrogen-bond acceptors (Lipinski definition) is 6. The van der Waals surface area contributed by atoms with E-state index in [0.717, 1.165) is 17.0 Å². The molecule has 4 aromatic rings. The van der Waals surface area contributed by atoms with Crippen molar-refractivity contribution in [1.29, 1.82) is 0 Å². The maximum absolute atomic E-state index is 13.3. The van der Waals surface area contributed by atoms with Crippen LogP contribution in [0.15, 0.2) is 63.0 Å². The van der Waals surface area contributed by atoms with Crippen LogP contribution in [0, 0.1) is 13.8 Å². The number of aryl methyl sites for hydroxylation is 2. The molecule has 2 aromatic heterocycles. The number of benzene rings is 2. The van der Waals surface area contributed by atoms with E-state index in [0.29, 0.717) is 33.2 Å². The van der Waals surface area contributed by atoms with Gasteiger partial charge in [0.05, 0.1) is 29.4 Å². The van der Waals surface area contributed by atoms with E-state index in [4.69, 9.17) is 14.2 Å². The smallest absolute Gasteiger partial charge is 0.266 e. The fourth-order valence-corrected chi connectivity index (χ4v) is 4.24. The molecule has 0 aliphatic heterocycles. The third-order valence-electron chi connectivity index (χ3n) is 4.60. The second-order valence-corrected chi connectivity index (χ2v) is 7.26. The number of rotatable bonds is 5. The molecule has 0 aliphatic rings. The molecule has 4 rings (SSSR count). The highest BCUT2D eigenvalue weighted by molar-refractivity contribution is 7.98. The molecule has 0 unspecified atom stereocenters. The lowest BCUT2D eigenvalue weighted by atomic mass is 10.2. The summed E-state index contributed by atoms with van der Waals surface area (Å²) in [6.45, 7) is 3.80. The summed E-state index contributed by atoms with van der Waals surface area (Å²) in [6.07, 6.45) is 0. The molecule has 0 atom stereocenters. The minimum atomic E-state index is -0.128. The molecule has 28 heavy (non-hydrogen) atoms. The molecule has 6 nitrogen and oxygen atoms in total. The van der Waals surface area contributed by atoms with Crippen molar-refractivity contribution >= 4 is 22.7 Å². The lowest BCUT2D eigenvalue weighted by molar-refractivity contribution is 0.392. The minimum Gasteiger partial charge on any atom is -0.495 e. The topological polar surface area (TPSA) is 70.2 Å². The third kappa shape index (κ3) is 3.18. The lowest BCUT2D eigenvalue weighted by Gasteiger charge is -2.15. The summed E-state index contributed by atoms with van der Waals surface area (Å²) >= 11 is 1.47. The van der Waals surface area contributed by atoms with Gasteiger partial charge in [0.2, 0.25) is 0 Å². The normalized spacial score (nSPS) is 11.1. The molecule has 0 saturated heterocycles. The van der Waals surface area contributed by atoms with Crippen molar-refractivity contribution in [1.82, 2.24) is 14.7 Å². The van der Waals surface area contributed by atoms with Gasteiger partial charge >= 0.3 is 0 Å². The number of para-hydroxylation sites is 3. The van der Waals surface area contributed by atoms with Crippen LogP contribution < -0.4 is 10.3 Å². The second-order valence-electron chi connectivity index (χ2n) is 6.32. The molecule has 0 radical (unpaired) electrons. The molecule has 0 saturated carbocycles. The monoisotopic (exact) mass is 393 g/mol. The fourth-order valence-electron chi connectivity index (χ4n) is 3.08. The van der Waals surface area contributed by atoms with Crippen molar-refractivity contribution in [2.75, 3.05) is 7.11 Å². The maximum atomic E-state index is 13.3. The first-order valence-corrected chi connectivity index (χ1v) is 9.78. The van der Waals surface area contributed by atoms with Gasteiger partial charge in [-0.05, 0) is 38.1 Å². The Hall–Kier alpha value is -3.06. The van der Waals surface area contributed by atoms with Crippen LogP contribution in [0.1, 0.15) is 17.0 Å². The van der Waals surface area contributed by atoms with E-state index in [-0.39, 0.29) is 5.56 Å². The summed E-state index contributed by atoms with van der Waals surface area (Å²) in [5, 5.41) is 5.16. The highest BCUT2D eigenvalue weighted by Gasteiger charge is 2.18. The predicted octanol–water partition coefficient (Wildman–Crippen LogP) is 4.29. The van der Waals surface area contributed by atoms with Crippen molar-refractivity contribution in [3.05, 3.63) is 75.9 Å². The SMILES string of the molecule is COc1ccccc1-n1c(SCc2c(C)noc2C)nc2ccccc2c1=O. The zero-order chi connectivity index (χ0) is 19.7. The van der Waals surface area contributed by atoms with E-state index in [9.17, 15) is 4.79 Å². The van der Waals surface area contributed by atoms with Gasteiger partial charge in [-0.25, -0.2) is 4.98 Å². The Morgan fingerprint density at radius 1 is 1.11 bits per heavy atom. The van der Waals surface area contributed by atoms with Crippen molar-refractivity contribution in [3.8, 4) is 11.4 Å². The first kappa shape index (κ1) is 18.3. The van der Waals surface area contributed by atoms with E-state index in [1.807, 2.05) is 56.3 Å². The number of methoxy groups -OCH3 is 1. The molecule has 0 fully saturated rings. The second kappa shape index (κ2) is 7.52. The molecule has 2 heterocycles. The van der Waals surface area contributed by atoms with Gasteiger partial charge < -0.3 is 9.26 Å². The minimum absolute atomic E-state index is 0.128. The molecule has 142 valence electrons. The molecule has 7 heteroatoms. The number of nitrogens with zero attached hydrogens (tertiary/aromatic N) is 3. The lowest BCUT2D eigenvalue weighted by Crippen LogP contribution is -2.22. The van der Waals surface area contributed by atoms with Crippen LogP contribution in [0.25, 0.3) is 16.6 Å². The van der Waals surface area contributed by atoms with Gasteiger partial charge in [-0.3, -0.25) is 9.36 Å². The van der Waals surface area contributed by atoms with Crippen LogP contribution in [0.2, 0.25) is 0 Å². The highest BCUT2D eigenvalue weighted by atomic mass is 32.2. The van der Waals surface area contributed by atoms with E-state index < -0.39 is 0 Å². The zero-order valence-electron chi connectivity index (χ0n) is 15.8. The molecule has 0 amide bonds. The van der Waals surface area contributed by atoms with Crippen molar-refractivity contribution in [2.45, 2.75) is 24.8 Å². The fraction of sp³-hybridized carbons (Fsp3) is 0.190. The molecular weight excluding hydrogens is 374 g/mol. The first-order valence-electron chi connectivity index (χ1n) is 8.80. The number of hydrogen-bond donors (Lipinski definition) is 0. The van der Waals surface area contributed by atoms with E-state index in [1.54, 1.807) is 17.7 Å². The summed E-state index contributed by atoms with van der Waals surface area (Å²) in [6, 6.07) is 14.8. The predicted molar refractivity (Wildman–Crippen MR) is 109 cm³/mol. The molecule has 0 aliphatic carbocycles. The van der Waals surface area contributed by atoms with Crippen LogP contribution in [0.4, 0.5) is 0 Å². The van der Waals surface area contributed by atoms with Gasteiger partial charge in [0.15, 0.2) is 5.16 Å². The van der Waals surface area contributed by atoms with E-state index in [1.165, 1.54) is 11.8 Å². The summed E-state index contributed by atoms with van der Waals surface area (Å²) in [5.41, 5.74) is 3.06. The van der Waals surface area contributed by atoms with Gasteiger partial charge in [-0.1, -0.05) is 41.2 Å². The number of ether oxygens (including phenoxy) is 1. The highest BCUT2D eigenvalue weighted by Crippen LogP contribution is 2.30. The van der Waals surface area contributed by atoms with Crippen molar-refractivity contribution in [2.24, 2.45) is 0 Å². The van der Waals surface area contributed by atoms with E-state index >= 15 is 0 Å². The molecular formula is C21H19N3O3S. The molecule has 0 N–H and O–H groups in total. The Labute approximate surface area is 166 Å². The zero-order valence-corrected chi connectivity index (χ0v) is 16.6. The van der Waals surface area contributed by atoms with Gasteiger partial charge in [0.1, 0.15) is 11.5 Å². The average molecular weight is 393 g/mol. The third-order valence-corrected chi connectivity index (χ3v) is 5.56. The van der Waals surface area contributed by atoms with Crippen LogP contribution in [-0.2, 0) is 5.75 Å². The summed E-state index contributed by atoms with van der Waals surface area (Å²) < 4.78 is 12.4. The Morgan fingerprint density at radius 3 is 2.61 bits per heavy atom. The number of thioether (sulfide) groups is 1. The Morgan fingerprint density at radius 2 is 1.86 bits per heavy atom. The average Bonchev–Trinajstić information content (AvgIpc) is 3.04. The van der Waals surface area contributed by atoms with Gasteiger partial charge in [0.25, 0.3) is 5.56 Å². The first-order chi connectivity index (χ1) is 13.6. The Kier molecular flexibility index (Phi) is 4.92. The van der Waals surface area contributed by atoms with Crippen molar-refractivity contribution < 1.29 is 9.26 Å². The largest absolute Gasteiger partial charge is 0.495 e. The molecule has 2 aromatic carbocycles. The standard InChI is InChI=1S/C21H19N3O3S/c1-13-16(14(2)27-23-13)12-28-21-22-17-9-5-4-8-15(17)20(25)24(21)18-10-6-7-11-19(18)26-3/h4-11H,12H2,1-3H3. The van der Waals surface area contributed by atoms with Crippen LogP contribution in [0.3, 0.4) is 0 Å². The number of aromatic nitrogens is 3. The van der Waals surface area contributed by atoms with Crippen LogP contribution in [0.5, 0.6) is 5.75 Å². The van der Waals surface area contributed by atoms with Crippen LogP contribution in [-0.4, -0.2) is 21.8 Å². The Balaban J connectivity index is 1.90. The maximum Gasteiger partial charge on any atom is 0.266 e. The Bertz CT molecular complexity index is 1190. The van der Waals surface area contributed by atoms with E-state index in [2.05, 4.69) is 5.16 Å². The van der Waals surface area contributed by atoms with Gasteiger partial charge in [-0.15, -0.1) is 0 Å². The molecule has 0 spiro atoms. The summed E-state index contributed by atoms with van der Waals surface area (Å²) in [5.74, 6) is 1.99. The van der Waals surface area contributed by atoms with Gasteiger partial charge in [-0.2, -0.15) is 0 Å². The molecule has 0 bridgehead atoms. The summed E-state index contributed by atoms with van der Waals surface area (Å²) in [4.78, 5) is 18.1.